The first-order chi connectivity index (χ1) is 8.25. The Bertz CT molecular complexity index is 536. The number of aromatic nitrogens is 2. The molecule has 0 radical (unpaired) electrons. The molecule has 1 aliphatic rings. The number of benzene rings is 1. The Labute approximate surface area is 102 Å². The minimum atomic E-state index is 0.595. The molecule has 1 saturated heterocycles. The van der Waals surface area contributed by atoms with Crippen molar-refractivity contribution in [2.24, 2.45) is 0 Å². The van der Waals surface area contributed by atoms with Crippen LogP contribution in [0.1, 0.15) is 24.1 Å². The Kier molecular flexibility index (Phi) is 2.63. The molecule has 1 atom stereocenters. The van der Waals surface area contributed by atoms with E-state index < -0.39 is 0 Å². The lowest BCUT2D eigenvalue weighted by atomic mass is 10.1. The Balaban J connectivity index is 2.03. The molecule has 1 N–H and O–H groups in total. The van der Waals surface area contributed by atoms with E-state index in [0.29, 0.717) is 6.04 Å². The predicted octanol–water partition coefficient (Wildman–Crippen LogP) is 2.41. The molecule has 1 aromatic heterocycles. The molecule has 1 fully saturated rings. The van der Waals surface area contributed by atoms with Crippen LogP contribution in [0, 0.1) is 13.8 Å². The fourth-order valence-electron chi connectivity index (χ4n) is 2.83. The summed E-state index contributed by atoms with van der Waals surface area (Å²) >= 11 is 0. The number of para-hydroxylation sites is 1. The zero-order chi connectivity index (χ0) is 11.8. The van der Waals surface area contributed by atoms with Crippen molar-refractivity contribution in [1.29, 1.82) is 0 Å². The van der Waals surface area contributed by atoms with E-state index >= 15 is 0 Å². The van der Waals surface area contributed by atoms with Gasteiger partial charge >= 0.3 is 0 Å². The molecule has 0 saturated carbocycles. The topological polar surface area (TPSA) is 29.9 Å². The average molecular weight is 229 g/mol. The largest absolute Gasteiger partial charge is 0.312 e. The van der Waals surface area contributed by atoms with E-state index in [1.165, 1.54) is 29.3 Å². The summed E-state index contributed by atoms with van der Waals surface area (Å²) in [5.41, 5.74) is 3.77. The first-order valence-corrected chi connectivity index (χ1v) is 6.42. The molecule has 17 heavy (non-hydrogen) atoms. The van der Waals surface area contributed by atoms with Crippen LogP contribution in [0.3, 0.4) is 0 Å². The molecule has 0 amide bonds. The Morgan fingerprint density at radius 1 is 1.41 bits per heavy atom. The van der Waals surface area contributed by atoms with Crippen molar-refractivity contribution in [3.05, 3.63) is 29.5 Å². The minimum absolute atomic E-state index is 0.595. The number of nitrogens with zero attached hydrogens (tertiary/aromatic N) is 2. The second kappa shape index (κ2) is 4.15. The van der Waals surface area contributed by atoms with E-state index in [2.05, 4.69) is 42.0 Å². The van der Waals surface area contributed by atoms with Crippen LogP contribution in [0.5, 0.6) is 0 Å². The van der Waals surface area contributed by atoms with Gasteiger partial charge in [-0.15, -0.1) is 0 Å². The predicted molar refractivity (Wildman–Crippen MR) is 70.2 cm³/mol. The fourth-order valence-corrected chi connectivity index (χ4v) is 2.83. The van der Waals surface area contributed by atoms with Crippen LogP contribution in [0.25, 0.3) is 10.9 Å². The summed E-state index contributed by atoms with van der Waals surface area (Å²) in [6.07, 6.45) is 2.56. The first kappa shape index (κ1) is 10.8. The van der Waals surface area contributed by atoms with Gasteiger partial charge < -0.3 is 5.32 Å². The zero-order valence-corrected chi connectivity index (χ0v) is 10.5. The molecule has 3 heteroatoms. The van der Waals surface area contributed by atoms with Crippen LogP contribution in [0.2, 0.25) is 0 Å². The van der Waals surface area contributed by atoms with Crippen LogP contribution >= 0.6 is 0 Å². The summed E-state index contributed by atoms with van der Waals surface area (Å²) in [4.78, 5) is 0. The van der Waals surface area contributed by atoms with Gasteiger partial charge in [-0.3, -0.25) is 4.68 Å². The third-order valence-corrected chi connectivity index (χ3v) is 3.71. The number of hydrogen-bond acceptors (Lipinski definition) is 2. The smallest absolute Gasteiger partial charge is 0.0715 e. The molecule has 2 heterocycles. The molecule has 0 spiro atoms. The summed E-state index contributed by atoms with van der Waals surface area (Å²) in [7, 11) is 0. The van der Waals surface area contributed by atoms with Gasteiger partial charge in [0.25, 0.3) is 0 Å². The number of aryl methyl sites for hydroxylation is 2. The van der Waals surface area contributed by atoms with Crippen molar-refractivity contribution in [3.8, 4) is 0 Å². The van der Waals surface area contributed by atoms with Crippen molar-refractivity contribution in [2.75, 3.05) is 6.54 Å². The van der Waals surface area contributed by atoms with Gasteiger partial charge in [-0.2, -0.15) is 5.10 Å². The van der Waals surface area contributed by atoms with Gasteiger partial charge in [0, 0.05) is 11.4 Å². The van der Waals surface area contributed by atoms with Crippen LogP contribution < -0.4 is 5.32 Å². The molecule has 3 nitrogen and oxygen atoms in total. The Morgan fingerprint density at radius 3 is 3.06 bits per heavy atom. The van der Waals surface area contributed by atoms with Crippen molar-refractivity contribution >= 4 is 10.9 Å². The normalized spacial score (nSPS) is 20.2. The molecular formula is C14H19N3. The van der Waals surface area contributed by atoms with Crippen molar-refractivity contribution < 1.29 is 0 Å². The molecule has 3 rings (SSSR count). The minimum Gasteiger partial charge on any atom is -0.312 e. The van der Waals surface area contributed by atoms with Crippen molar-refractivity contribution in [3.63, 3.8) is 0 Å². The maximum atomic E-state index is 4.69. The fraction of sp³-hybridized carbons (Fsp3) is 0.500. The summed E-state index contributed by atoms with van der Waals surface area (Å²) in [5, 5.41) is 9.52. The van der Waals surface area contributed by atoms with Crippen molar-refractivity contribution in [1.82, 2.24) is 15.1 Å². The average Bonchev–Trinajstić information content (AvgIpc) is 2.90. The summed E-state index contributed by atoms with van der Waals surface area (Å²) < 4.78 is 2.18. The third-order valence-electron chi connectivity index (χ3n) is 3.71. The molecule has 0 bridgehead atoms. The standard InChI is InChI=1S/C14H19N3/c1-10-5-3-7-13-11(2)16-17(14(10)13)9-12-6-4-8-15-12/h3,5,7,12,15H,4,6,8-9H2,1-2H3. The highest BCUT2D eigenvalue weighted by Crippen LogP contribution is 2.22. The van der Waals surface area contributed by atoms with Gasteiger partial charge in [0.2, 0.25) is 0 Å². The summed E-state index contributed by atoms with van der Waals surface area (Å²) in [6.45, 7) is 6.42. The molecule has 2 aromatic rings. The molecule has 1 aliphatic heterocycles. The Morgan fingerprint density at radius 2 is 2.29 bits per heavy atom. The van der Waals surface area contributed by atoms with Gasteiger partial charge in [-0.1, -0.05) is 18.2 Å². The maximum absolute atomic E-state index is 4.69. The Hall–Kier alpha value is -1.35. The second-order valence-corrected chi connectivity index (χ2v) is 5.03. The lowest BCUT2D eigenvalue weighted by molar-refractivity contribution is 0.484. The van der Waals surface area contributed by atoms with E-state index in [1.807, 2.05) is 0 Å². The second-order valence-electron chi connectivity index (χ2n) is 5.03. The highest BCUT2D eigenvalue weighted by atomic mass is 15.3. The zero-order valence-electron chi connectivity index (χ0n) is 10.5. The molecule has 1 unspecified atom stereocenters. The molecule has 0 aliphatic carbocycles. The van der Waals surface area contributed by atoms with Crippen molar-refractivity contribution in [2.45, 2.75) is 39.3 Å². The van der Waals surface area contributed by atoms with Crippen LogP contribution in [0.15, 0.2) is 18.2 Å². The van der Waals surface area contributed by atoms with Gasteiger partial charge in [-0.25, -0.2) is 0 Å². The summed E-state index contributed by atoms with van der Waals surface area (Å²) in [6, 6.07) is 7.05. The maximum Gasteiger partial charge on any atom is 0.0715 e. The molecule has 90 valence electrons. The number of nitrogens with one attached hydrogen (secondary N) is 1. The van der Waals surface area contributed by atoms with E-state index in [4.69, 9.17) is 5.10 Å². The third kappa shape index (κ3) is 1.84. The lowest BCUT2D eigenvalue weighted by Crippen LogP contribution is -2.27. The van der Waals surface area contributed by atoms with E-state index in [-0.39, 0.29) is 0 Å². The number of fused-ring (bicyclic) bond motifs is 1. The van der Waals surface area contributed by atoms with Gasteiger partial charge in [0.15, 0.2) is 0 Å². The highest BCUT2D eigenvalue weighted by Gasteiger charge is 2.17. The van der Waals surface area contributed by atoms with E-state index in [9.17, 15) is 0 Å². The monoisotopic (exact) mass is 229 g/mol. The number of rotatable bonds is 2. The van der Waals surface area contributed by atoms with Crippen LogP contribution in [0.4, 0.5) is 0 Å². The van der Waals surface area contributed by atoms with Gasteiger partial charge in [0.05, 0.1) is 17.8 Å². The van der Waals surface area contributed by atoms with E-state index in [0.717, 1.165) is 18.8 Å². The van der Waals surface area contributed by atoms with E-state index in [1.54, 1.807) is 0 Å². The first-order valence-electron chi connectivity index (χ1n) is 6.42. The summed E-state index contributed by atoms with van der Waals surface area (Å²) in [5.74, 6) is 0. The molecular weight excluding hydrogens is 210 g/mol. The van der Waals surface area contributed by atoms with Gasteiger partial charge in [-0.05, 0) is 38.8 Å². The van der Waals surface area contributed by atoms with Crippen LogP contribution in [-0.2, 0) is 6.54 Å². The quantitative estimate of drug-likeness (QED) is 0.857. The number of hydrogen-bond donors (Lipinski definition) is 1. The molecule has 1 aromatic carbocycles. The van der Waals surface area contributed by atoms with Gasteiger partial charge in [0.1, 0.15) is 0 Å². The highest BCUT2D eigenvalue weighted by molar-refractivity contribution is 5.84. The van der Waals surface area contributed by atoms with Crippen LogP contribution in [-0.4, -0.2) is 22.4 Å². The lowest BCUT2D eigenvalue weighted by Gasteiger charge is -2.11. The SMILES string of the molecule is Cc1nn(CC2CCCN2)c2c(C)cccc12.